The monoisotopic (exact) mass is 492 g/mol. The Hall–Kier alpha value is -2.46. The normalized spacial score (nSPS) is 18.9. The minimum atomic E-state index is -3.89. The van der Waals surface area contributed by atoms with Gasteiger partial charge in [0, 0.05) is 13.1 Å². The predicted molar refractivity (Wildman–Crippen MR) is 122 cm³/mol. The van der Waals surface area contributed by atoms with Gasteiger partial charge >= 0.3 is 5.97 Å². The molecule has 2 aromatic rings. The second-order valence-corrected chi connectivity index (χ2v) is 10.3. The third-order valence-corrected chi connectivity index (χ3v) is 8.17. The van der Waals surface area contributed by atoms with E-state index in [0.29, 0.717) is 13.2 Å². The number of carbonyl (C=O) groups excluding carboxylic acids is 2. The molecule has 1 saturated heterocycles. The summed E-state index contributed by atoms with van der Waals surface area (Å²) in [6, 6.07) is 11.7. The molecule has 1 atom stereocenters. The van der Waals surface area contributed by atoms with Crippen LogP contribution in [0.1, 0.15) is 40.4 Å². The highest BCUT2D eigenvalue weighted by molar-refractivity contribution is 7.89. The molecule has 0 radical (unpaired) electrons. The lowest BCUT2D eigenvalue weighted by atomic mass is 9.88. The minimum absolute atomic E-state index is 0.00189. The van der Waals surface area contributed by atoms with E-state index in [-0.39, 0.29) is 34.6 Å². The maximum Gasteiger partial charge on any atom is 0.338 e. The van der Waals surface area contributed by atoms with Gasteiger partial charge in [-0.25, -0.2) is 13.2 Å². The summed E-state index contributed by atoms with van der Waals surface area (Å²) in [6.07, 6.45) is 2.76. The highest BCUT2D eigenvalue weighted by Crippen LogP contribution is 2.29. The first-order chi connectivity index (χ1) is 15.9. The Labute approximate surface area is 197 Å². The lowest BCUT2D eigenvalue weighted by Crippen LogP contribution is -2.40. The summed E-state index contributed by atoms with van der Waals surface area (Å²) >= 11 is 6.13. The maximum absolute atomic E-state index is 12.9. The zero-order valence-corrected chi connectivity index (χ0v) is 19.5. The summed E-state index contributed by atoms with van der Waals surface area (Å²) in [4.78, 5) is 24.8. The molecule has 1 heterocycles. The molecular formula is C23H25ClN2O6S. The van der Waals surface area contributed by atoms with Crippen LogP contribution in [0.5, 0.6) is 0 Å². The van der Waals surface area contributed by atoms with Crippen LogP contribution in [-0.4, -0.2) is 57.5 Å². The molecule has 2 aromatic carbocycles. The number of aryl methyl sites for hydroxylation is 1. The van der Waals surface area contributed by atoms with E-state index in [2.05, 4.69) is 11.4 Å². The molecule has 4 rings (SSSR count). The molecule has 1 amide bonds. The predicted octanol–water partition coefficient (Wildman–Crippen LogP) is 2.71. The van der Waals surface area contributed by atoms with E-state index >= 15 is 0 Å². The van der Waals surface area contributed by atoms with Crippen molar-refractivity contribution in [3.63, 3.8) is 0 Å². The molecule has 1 N–H and O–H groups in total. The van der Waals surface area contributed by atoms with Crippen molar-refractivity contribution in [3.8, 4) is 0 Å². The van der Waals surface area contributed by atoms with Crippen LogP contribution in [0.4, 0.5) is 0 Å². The van der Waals surface area contributed by atoms with E-state index in [1.807, 2.05) is 18.2 Å². The molecule has 10 heteroatoms. The smallest absolute Gasteiger partial charge is 0.338 e. The fraction of sp³-hybridized carbons (Fsp3) is 0.391. The first kappa shape index (κ1) is 23.7. The third-order valence-electron chi connectivity index (χ3n) is 5.79. The fourth-order valence-electron chi connectivity index (χ4n) is 4.11. The number of nitrogens with zero attached hydrogens (tertiary/aromatic N) is 1. The number of sulfonamides is 1. The fourth-order valence-corrected chi connectivity index (χ4v) is 6.02. The van der Waals surface area contributed by atoms with Crippen molar-refractivity contribution in [1.29, 1.82) is 0 Å². The molecule has 1 fully saturated rings. The number of fused-ring (bicyclic) bond motifs is 1. The number of ether oxygens (including phenoxy) is 2. The number of hydrogen-bond donors (Lipinski definition) is 1. The SMILES string of the molecule is O=C(COC(=O)c1ccc(Cl)c(S(=O)(=O)N2CCOCC2)c1)N[C@H]1CCCc2ccccc21. The molecule has 2 aliphatic rings. The number of esters is 1. The van der Waals surface area contributed by atoms with Crippen LogP contribution >= 0.6 is 11.6 Å². The summed E-state index contributed by atoms with van der Waals surface area (Å²) in [6.45, 7) is 0.527. The molecule has 176 valence electrons. The van der Waals surface area contributed by atoms with Crippen LogP contribution < -0.4 is 5.32 Å². The lowest BCUT2D eigenvalue weighted by molar-refractivity contribution is -0.125. The van der Waals surface area contributed by atoms with Crippen molar-refractivity contribution in [3.05, 3.63) is 64.2 Å². The molecule has 0 spiro atoms. The van der Waals surface area contributed by atoms with E-state index in [0.717, 1.165) is 24.8 Å². The number of amides is 1. The van der Waals surface area contributed by atoms with Crippen LogP contribution in [0.15, 0.2) is 47.4 Å². The van der Waals surface area contributed by atoms with Gasteiger partial charge in [0.05, 0.1) is 29.8 Å². The lowest BCUT2D eigenvalue weighted by Gasteiger charge is -2.26. The Kier molecular flexibility index (Phi) is 7.33. The van der Waals surface area contributed by atoms with Gasteiger partial charge in [-0.3, -0.25) is 4.79 Å². The quantitative estimate of drug-likeness (QED) is 0.622. The second kappa shape index (κ2) is 10.2. The summed E-state index contributed by atoms with van der Waals surface area (Å²) in [5.74, 6) is -1.22. The number of carbonyl (C=O) groups is 2. The zero-order chi connectivity index (χ0) is 23.4. The van der Waals surface area contributed by atoms with Crippen molar-refractivity contribution in [2.45, 2.75) is 30.2 Å². The standard InChI is InChI=1S/C23H25ClN2O6S/c24-19-9-8-17(14-21(19)33(29,30)26-10-12-31-13-11-26)23(28)32-15-22(27)25-20-7-3-5-16-4-1-2-6-18(16)20/h1-2,4,6,8-9,14,20H,3,5,7,10-13,15H2,(H,25,27)/t20-/m0/s1. The Morgan fingerprint density at radius 3 is 2.70 bits per heavy atom. The molecule has 33 heavy (non-hydrogen) atoms. The molecule has 8 nitrogen and oxygen atoms in total. The largest absolute Gasteiger partial charge is 0.452 e. The number of hydrogen-bond acceptors (Lipinski definition) is 6. The number of rotatable bonds is 6. The van der Waals surface area contributed by atoms with Gasteiger partial charge in [-0.05, 0) is 48.6 Å². The van der Waals surface area contributed by atoms with Gasteiger partial charge in [-0.2, -0.15) is 4.31 Å². The van der Waals surface area contributed by atoms with E-state index in [9.17, 15) is 18.0 Å². The summed E-state index contributed by atoms with van der Waals surface area (Å²) in [7, 11) is -3.89. The van der Waals surface area contributed by atoms with Crippen LogP contribution in [-0.2, 0) is 30.7 Å². The summed E-state index contributed by atoms with van der Waals surface area (Å²) in [5, 5.41) is 2.92. The van der Waals surface area contributed by atoms with E-state index in [1.165, 1.54) is 28.1 Å². The summed E-state index contributed by atoms with van der Waals surface area (Å²) in [5.41, 5.74) is 2.29. The molecule has 0 bridgehead atoms. The van der Waals surface area contributed by atoms with Gasteiger partial charge in [-0.15, -0.1) is 0 Å². The average Bonchev–Trinajstić information content (AvgIpc) is 2.83. The van der Waals surface area contributed by atoms with Crippen LogP contribution in [0, 0.1) is 0 Å². The van der Waals surface area contributed by atoms with Gasteiger partial charge in [0.1, 0.15) is 4.90 Å². The first-order valence-electron chi connectivity index (χ1n) is 10.8. The highest BCUT2D eigenvalue weighted by atomic mass is 35.5. The van der Waals surface area contributed by atoms with Crippen LogP contribution in [0.2, 0.25) is 5.02 Å². The number of morpholine rings is 1. The van der Waals surface area contributed by atoms with Gasteiger partial charge in [0.15, 0.2) is 6.61 Å². The third kappa shape index (κ3) is 5.38. The molecule has 0 unspecified atom stereocenters. The molecule has 0 aromatic heterocycles. The molecule has 0 saturated carbocycles. The Balaban J connectivity index is 1.40. The van der Waals surface area contributed by atoms with E-state index in [1.54, 1.807) is 0 Å². The van der Waals surface area contributed by atoms with Crippen LogP contribution in [0.3, 0.4) is 0 Å². The van der Waals surface area contributed by atoms with Crippen LogP contribution in [0.25, 0.3) is 0 Å². The zero-order valence-electron chi connectivity index (χ0n) is 18.0. The van der Waals surface area contributed by atoms with Gasteiger partial charge in [0.2, 0.25) is 10.0 Å². The maximum atomic E-state index is 12.9. The molecular weight excluding hydrogens is 468 g/mol. The Morgan fingerprint density at radius 2 is 1.91 bits per heavy atom. The van der Waals surface area contributed by atoms with Crippen molar-refractivity contribution in [2.24, 2.45) is 0 Å². The minimum Gasteiger partial charge on any atom is -0.452 e. The summed E-state index contributed by atoms with van der Waals surface area (Å²) < 4.78 is 37.5. The van der Waals surface area contributed by atoms with Crippen molar-refractivity contribution in [2.75, 3.05) is 32.9 Å². The van der Waals surface area contributed by atoms with Gasteiger partial charge in [-0.1, -0.05) is 35.9 Å². The van der Waals surface area contributed by atoms with Crippen molar-refractivity contribution < 1.29 is 27.5 Å². The van der Waals surface area contributed by atoms with Gasteiger partial charge in [0.25, 0.3) is 5.91 Å². The topological polar surface area (TPSA) is 102 Å². The average molecular weight is 493 g/mol. The van der Waals surface area contributed by atoms with Gasteiger partial charge < -0.3 is 14.8 Å². The Morgan fingerprint density at radius 1 is 1.15 bits per heavy atom. The molecule has 1 aliphatic heterocycles. The number of benzene rings is 2. The van der Waals surface area contributed by atoms with E-state index in [4.69, 9.17) is 21.1 Å². The van der Waals surface area contributed by atoms with E-state index < -0.39 is 28.5 Å². The highest BCUT2D eigenvalue weighted by Gasteiger charge is 2.29. The number of nitrogens with one attached hydrogen (secondary N) is 1. The molecule has 1 aliphatic carbocycles. The Bertz CT molecular complexity index is 1150. The first-order valence-corrected chi connectivity index (χ1v) is 12.6. The number of halogens is 1. The van der Waals surface area contributed by atoms with Crippen molar-refractivity contribution in [1.82, 2.24) is 9.62 Å². The second-order valence-electron chi connectivity index (χ2n) is 7.95. The van der Waals surface area contributed by atoms with Crippen molar-refractivity contribution >= 4 is 33.5 Å².